The predicted octanol–water partition coefficient (Wildman–Crippen LogP) is 1.34. The summed E-state index contributed by atoms with van der Waals surface area (Å²) in [7, 11) is 0. The Kier molecular flexibility index (Phi) is 4.21. The first-order valence-electron chi connectivity index (χ1n) is 6.18. The number of aromatic hydroxyl groups is 2. The molecule has 0 fully saturated rings. The molecule has 6 heteroatoms. The van der Waals surface area contributed by atoms with Gasteiger partial charge < -0.3 is 20.6 Å². The second-order valence-electron chi connectivity index (χ2n) is 4.76. The number of benzene rings is 1. The zero-order chi connectivity index (χ0) is 14.0. The van der Waals surface area contributed by atoms with Crippen molar-refractivity contribution in [3.63, 3.8) is 0 Å². The molecule has 0 aromatic heterocycles. The van der Waals surface area contributed by atoms with Gasteiger partial charge >= 0.3 is 0 Å². The quantitative estimate of drug-likeness (QED) is 0.625. The molecule has 1 aliphatic rings. The van der Waals surface area contributed by atoms with Crippen molar-refractivity contribution in [3.05, 3.63) is 23.3 Å². The van der Waals surface area contributed by atoms with Crippen molar-refractivity contribution in [2.45, 2.75) is 31.0 Å². The largest absolute Gasteiger partial charge is 0.504 e. The number of rotatable bonds is 4. The topological polar surface area (TPSA) is 72.7 Å². The van der Waals surface area contributed by atoms with Crippen LogP contribution >= 0.6 is 0 Å². The Labute approximate surface area is 109 Å². The number of nitrogens with one attached hydrogen (secondary N) is 1. The molecule has 1 aromatic rings. The molecule has 0 heterocycles. The number of hydrogen-bond donors (Lipinski definition) is 4. The van der Waals surface area contributed by atoms with Crippen LogP contribution in [0.15, 0.2) is 12.1 Å². The van der Waals surface area contributed by atoms with Gasteiger partial charge in [-0.1, -0.05) is 6.07 Å². The molecular weight excluding hydrogens is 256 g/mol. The molecule has 4 nitrogen and oxygen atoms in total. The van der Waals surface area contributed by atoms with Gasteiger partial charge in [0.05, 0.1) is 12.1 Å². The van der Waals surface area contributed by atoms with E-state index in [4.69, 9.17) is 0 Å². The Bertz CT molecular complexity index is 452. The Morgan fingerprint density at radius 3 is 2.58 bits per heavy atom. The van der Waals surface area contributed by atoms with E-state index in [9.17, 15) is 24.1 Å². The molecule has 0 unspecified atom stereocenters. The number of phenols is 2. The highest BCUT2D eigenvalue weighted by Gasteiger charge is 2.31. The zero-order valence-electron chi connectivity index (χ0n) is 10.3. The fourth-order valence-corrected chi connectivity index (χ4v) is 2.46. The van der Waals surface area contributed by atoms with Gasteiger partial charge in [0.1, 0.15) is 13.3 Å². The van der Waals surface area contributed by atoms with E-state index < -0.39 is 31.5 Å². The van der Waals surface area contributed by atoms with Gasteiger partial charge in [-0.25, -0.2) is 8.78 Å². The van der Waals surface area contributed by atoms with Crippen molar-refractivity contribution >= 4 is 0 Å². The molecule has 19 heavy (non-hydrogen) atoms. The summed E-state index contributed by atoms with van der Waals surface area (Å²) >= 11 is 0. The summed E-state index contributed by atoms with van der Waals surface area (Å²) in [5.74, 6) is -0.467. The summed E-state index contributed by atoms with van der Waals surface area (Å²) in [6.45, 7) is -1.68. The molecule has 1 aliphatic carbocycles. The van der Waals surface area contributed by atoms with Crippen molar-refractivity contribution in [1.29, 1.82) is 0 Å². The molecule has 0 radical (unpaired) electrons. The first-order chi connectivity index (χ1) is 9.08. The maximum Gasteiger partial charge on any atom is 0.161 e. The average molecular weight is 273 g/mol. The van der Waals surface area contributed by atoms with Gasteiger partial charge in [0.25, 0.3) is 0 Å². The smallest absolute Gasteiger partial charge is 0.161 e. The summed E-state index contributed by atoms with van der Waals surface area (Å²) in [4.78, 5) is 0. The zero-order valence-corrected chi connectivity index (χ0v) is 10.3. The van der Waals surface area contributed by atoms with E-state index in [-0.39, 0.29) is 11.5 Å². The van der Waals surface area contributed by atoms with Crippen molar-refractivity contribution < 1.29 is 24.1 Å². The molecule has 0 saturated heterocycles. The summed E-state index contributed by atoms with van der Waals surface area (Å²) in [5, 5.41) is 32.0. The van der Waals surface area contributed by atoms with Crippen LogP contribution in [0.2, 0.25) is 0 Å². The highest BCUT2D eigenvalue weighted by molar-refractivity contribution is 5.51. The number of halogens is 2. The monoisotopic (exact) mass is 273 g/mol. The molecule has 0 aliphatic heterocycles. The van der Waals surface area contributed by atoms with Crippen LogP contribution in [0.5, 0.6) is 11.5 Å². The Hall–Kier alpha value is -1.40. The van der Waals surface area contributed by atoms with Crippen LogP contribution in [0.3, 0.4) is 0 Å². The van der Waals surface area contributed by atoms with E-state index in [1.807, 2.05) is 0 Å². The number of aliphatic hydroxyl groups excluding tert-OH is 1. The van der Waals surface area contributed by atoms with Crippen molar-refractivity contribution in [3.8, 4) is 11.5 Å². The molecule has 4 N–H and O–H groups in total. The van der Waals surface area contributed by atoms with Crippen LogP contribution in [-0.4, -0.2) is 40.8 Å². The third kappa shape index (κ3) is 2.64. The second kappa shape index (κ2) is 5.71. The van der Waals surface area contributed by atoms with E-state index in [0.717, 1.165) is 0 Å². The Morgan fingerprint density at radius 1 is 1.26 bits per heavy atom. The third-order valence-corrected chi connectivity index (χ3v) is 3.53. The number of phenolic OH excluding ortho intramolecular Hbond substituents is 2. The molecule has 106 valence electrons. The second-order valence-corrected chi connectivity index (χ2v) is 4.76. The van der Waals surface area contributed by atoms with Crippen LogP contribution in [0.1, 0.15) is 23.7 Å². The lowest BCUT2D eigenvalue weighted by Gasteiger charge is -2.33. The fourth-order valence-electron chi connectivity index (χ4n) is 2.46. The number of hydrogen-bond acceptors (Lipinski definition) is 4. The minimum atomic E-state index is -0.962. The van der Waals surface area contributed by atoms with Gasteiger partial charge in [0.2, 0.25) is 0 Å². The predicted molar refractivity (Wildman–Crippen MR) is 65.7 cm³/mol. The normalized spacial score (nSPS) is 22.5. The fraction of sp³-hybridized carbons (Fsp3) is 0.538. The van der Waals surface area contributed by atoms with Gasteiger partial charge in [-0.05, 0) is 24.5 Å². The van der Waals surface area contributed by atoms with Crippen LogP contribution in [-0.2, 0) is 6.42 Å². The third-order valence-electron chi connectivity index (χ3n) is 3.53. The van der Waals surface area contributed by atoms with E-state index >= 15 is 0 Å². The summed E-state index contributed by atoms with van der Waals surface area (Å²) in [6.07, 6.45) is -0.104. The van der Waals surface area contributed by atoms with Crippen molar-refractivity contribution in [2.24, 2.45) is 0 Å². The molecule has 0 bridgehead atoms. The maximum absolute atomic E-state index is 12.5. The molecule has 0 amide bonds. The summed E-state index contributed by atoms with van der Waals surface area (Å²) < 4.78 is 25.0. The van der Waals surface area contributed by atoms with Gasteiger partial charge in [0, 0.05) is 11.6 Å². The van der Waals surface area contributed by atoms with Crippen LogP contribution in [0.4, 0.5) is 8.78 Å². The first kappa shape index (κ1) is 14.0. The standard InChI is InChI=1S/C13H17F2NO3/c14-5-7(6-15)16-10-3-1-9-8(12(10)18)2-4-11(17)13(9)19/h2,4,7,10,12,16-19H,1,3,5-6H2/t10-,12-/m1/s1. The average Bonchev–Trinajstić information content (AvgIpc) is 2.42. The van der Waals surface area contributed by atoms with Gasteiger partial charge in [-0.2, -0.15) is 0 Å². The lowest BCUT2D eigenvalue weighted by Crippen LogP contribution is -2.46. The number of fused-ring (bicyclic) bond motifs is 1. The SMILES string of the molecule is Oc1ccc2c(c1O)CC[C@@H](NC(CF)CF)[C@@H]2O. The van der Waals surface area contributed by atoms with Crippen molar-refractivity contribution in [2.75, 3.05) is 13.3 Å². The van der Waals surface area contributed by atoms with Crippen molar-refractivity contribution in [1.82, 2.24) is 5.32 Å². The minimum Gasteiger partial charge on any atom is -0.504 e. The minimum absolute atomic E-state index is 0.234. The Morgan fingerprint density at radius 2 is 1.95 bits per heavy atom. The Balaban J connectivity index is 2.20. The molecule has 1 aromatic carbocycles. The van der Waals surface area contributed by atoms with E-state index in [1.165, 1.54) is 12.1 Å². The molecule has 0 saturated carbocycles. The van der Waals surface area contributed by atoms with E-state index in [1.54, 1.807) is 0 Å². The van der Waals surface area contributed by atoms with Gasteiger partial charge in [-0.15, -0.1) is 0 Å². The molecule has 2 atom stereocenters. The van der Waals surface area contributed by atoms with Crippen LogP contribution < -0.4 is 5.32 Å². The summed E-state index contributed by atoms with van der Waals surface area (Å²) in [6, 6.07) is 1.42. The van der Waals surface area contributed by atoms with Crippen LogP contribution in [0.25, 0.3) is 0 Å². The number of aliphatic hydroxyl groups is 1. The summed E-state index contributed by atoms with van der Waals surface area (Å²) in [5.41, 5.74) is 0.970. The van der Waals surface area contributed by atoms with E-state index in [2.05, 4.69) is 5.32 Å². The molecule has 0 spiro atoms. The van der Waals surface area contributed by atoms with Gasteiger partial charge in [0.15, 0.2) is 11.5 Å². The van der Waals surface area contributed by atoms with Crippen LogP contribution in [0, 0.1) is 0 Å². The highest BCUT2D eigenvalue weighted by Crippen LogP contribution is 2.39. The first-order valence-corrected chi connectivity index (χ1v) is 6.18. The number of alkyl halides is 2. The van der Waals surface area contributed by atoms with Gasteiger partial charge in [-0.3, -0.25) is 0 Å². The molecular formula is C13H17F2NO3. The lowest BCUT2D eigenvalue weighted by molar-refractivity contribution is 0.101. The highest BCUT2D eigenvalue weighted by atomic mass is 19.1. The maximum atomic E-state index is 12.5. The lowest BCUT2D eigenvalue weighted by atomic mass is 9.85. The van der Waals surface area contributed by atoms with E-state index in [0.29, 0.717) is 24.0 Å². The molecule has 2 rings (SSSR count).